The van der Waals surface area contributed by atoms with Gasteiger partial charge in [-0.05, 0) is 35.9 Å². The number of piperazine rings is 1. The molecule has 1 fully saturated rings. The van der Waals surface area contributed by atoms with Crippen LogP contribution in [0.4, 0.5) is 5.69 Å². The second kappa shape index (κ2) is 9.27. The first-order valence-electron chi connectivity index (χ1n) is 10.2. The third-order valence-electron chi connectivity index (χ3n) is 5.40. The maximum atomic E-state index is 12.4. The first kappa shape index (κ1) is 21.1. The lowest BCUT2D eigenvalue weighted by molar-refractivity contribution is -0.128. The van der Waals surface area contributed by atoms with Crippen LogP contribution in [0, 0.1) is 5.41 Å². The molecule has 0 bridgehead atoms. The van der Waals surface area contributed by atoms with E-state index in [0.29, 0.717) is 6.54 Å². The summed E-state index contributed by atoms with van der Waals surface area (Å²) >= 11 is 0. The molecule has 1 atom stereocenters. The fourth-order valence-electron chi connectivity index (χ4n) is 3.57. The largest absolute Gasteiger partial charge is 0.497 e. The number of hydrogen-bond acceptors (Lipinski definition) is 5. The molecule has 1 saturated heterocycles. The van der Waals surface area contributed by atoms with Crippen molar-refractivity contribution in [3.63, 3.8) is 0 Å². The van der Waals surface area contributed by atoms with Crippen LogP contribution in [0.1, 0.15) is 32.4 Å². The Bertz CT molecular complexity index is 779. The second-order valence-electron chi connectivity index (χ2n) is 8.48. The van der Waals surface area contributed by atoms with Gasteiger partial charge in [-0.2, -0.15) is 0 Å². The Hall–Kier alpha value is -2.60. The fraction of sp³-hybridized carbons (Fsp3) is 0.478. The van der Waals surface area contributed by atoms with Crippen molar-refractivity contribution in [1.29, 1.82) is 0 Å². The van der Waals surface area contributed by atoms with Crippen molar-refractivity contribution in [3.8, 4) is 5.75 Å². The van der Waals surface area contributed by atoms with Crippen LogP contribution < -0.4 is 15.0 Å². The van der Waals surface area contributed by atoms with E-state index in [2.05, 4.69) is 38.3 Å². The topological polar surface area (TPSA) is 57.7 Å². The number of methoxy groups -OCH3 is 1. The summed E-state index contributed by atoms with van der Waals surface area (Å²) in [5, 5.41) is 3.14. The quantitative estimate of drug-likeness (QED) is 0.813. The molecule has 29 heavy (non-hydrogen) atoms. The molecule has 156 valence electrons. The van der Waals surface area contributed by atoms with Crippen LogP contribution in [-0.4, -0.2) is 55.6 Å². The van der Waals surface area contributed by atoms with Crippen LogP contribution in [0.5, 0.6) is 5.75 Å². The molecule has 0 radical (unpaired) electrons. The lowest BCUT2D eigenvalue weighted by Crippen LogP contribution is -2.50. The van der Waals surface area contributed by atoms with E-state index in [4.69, 9.17) is 4.74 Å². The number of anilines is 1. The third-order valence-corrected chi connectivity index (χ3v) is 5.40. The van der Waals surface area contributed by atoms with Crippen LogP contribution in [0.25, 0.3) is 0 Å². The molecule has 3 rings (SSSR count). The van der Waals surface area contributed by atoms with E-state index in [1.54, 1.807) is 13.3 Å². The highest BCUT2D eigenvalue weighted by Gasteiger charge is 2.28. The van der Waals surface area contributed by atoms with Gasteiger partial charge in [-0.3, -0.25) is 14.7 Å². The first-order valence-corrected chi connectivity index (χ1v) is 10.2. The predicted molar refractivity (Wildman–Crippen MR) is 116 cm³/mol. The summed E-state index contributed by atoms with van der Waals surface area (Å²) in [5.41, 5.74) is 1.95. The Morgan fingerprint density at radius 3 is 2.38 bits per heavy atom. The summed E-state index contributed by atoms with van der Waals surface area (Å²) < 4.78 is 5.26. The first-order chi connectivity index (χ1) is 13.9. The average molecular weight is 397 g/mol. The molecule has 0 aliphatic carbocycles. The van der Waals surface area contributed by atoms with Gasteiger partial charge in [-0.25, -0.2) is 0 Å². The Labute approximate surface area is 173 Å². The molecule has 1 aliphatic heterocycles. The van der Waals surface area contributed by atoms with E-state index in [1.807, 2.05) is 45.2 Å². The summed E-state index contributed by atoms with van der Waals surface area (Å²) in [6.07, 6.45) is 3.69. The number of ether oxygens (including phenoxy) is 1. The van der Waals surface area contributed by atoms with Gasteiger partial charge >= 0.3 is 0 Å². The molecule has 1 aromatic carbocycles. The zero-order valence-corrected chi connectivity index (χ0v) is 17.9. The number of benzene rings is 1. The standard InChI is InChI=1S/C23H32N4O2/c1-23(2,3)22(28)25-17-21(18-6-5-11-24-16-18)27-14-12-26(13-15-27)19-7-9-20(29-4)10-8-19/h5-11,16,21H,12-15,17H2,1-4H3,(H,25,28). The molecule has 2 aromatic rings. The van der Waals surface area contributed by atoms with Crippen molar-refractivity contribution in [3.05, 3.63) is 54.4 Å². The van der Waals surface area contributed by atoms with Crippen LogP contribution in [-0.2, 0) is 4.79 Å². The highest BCUT2D eigenvalue weighted by molar-refractivity contribution is 5.81. The SMILES string of the molecule is COc1ccc(N2CCN(C(CNC(=O)C(C)(C)C)c3cccnc3)CC2)cc1. The molecular weight excluding hydrogens is 364 g/mol. The molecule has 0 spiro atoms. The number of carbonyl (C=O) groups excluding carboxylic acids is 1. The van der Waals surface area contributed by atoms with Gasteiger partial charge in [0.05, 0.1) is 13.2 Å². The molecule has 1 aliphatic rings. The minimum absolute atomic E-state index is 0.0725. The van der Waals surface area contributed by atoms with Gasteiger partial charge in [0.25, 0.3) is 0 Å². The Morgan fingerprint density at radius 1 is 1.14 bits per heavy atom. The number of nitrogens with one attached hydrogen (secondary N) is 1. The predicted octanol–water partition coefficient (Wildman–Crippen LogP) is 3.12. The van der Waals surface area contributed by atoms with Gasteiger partial charge in [-0.15, -0.1) is 0 Å². The molecule has 1 unspecified atom stereocenters. The van der Waals surface area contributed by atoms with Gasteiger partial charge < -0.3 is 15.0 Å². The van der Waals surface area contributed by atoms with Gasteiger partial charge in [0.2, 0.25) is 5.91 Å². The molecule has 0 saturated carbocycles. The molecule has 1 amide bonds. The number of nitrogens with zero attached hydrogens (tertiary/aromatic N) is 3. The number of amides is 1. The average Bonchev–Trinajstić information content (AvgIpc) is 2.74. The van der Waals surface area contributed by atoms with Gasteiger partial charge in [0.1, 0.15) is 5.75 Å². The van der Waals surface area contributed by atoms with Crippen molar-refractivity contribution >= 4 is 11.6 Å². The van der Waals surface area contributed by atoms with Crippen LogP contribution in [0.3, 0.4) is 0 Å². The second-order valence-corrected chi connectivity index (χ2v) is 8.48. The Kier molecular flexibility index (Phi) is 6.75. The normalized spacial score (nSPS) is 16.3. The minimum Gasteiger partial charge on any atom is -0.497 e. The van der Waals surface area contributed by atoms with Gasteiger partial charge in [0, 0.05) is 56.2 Å². The van der Waals surface area contributed by atoms with Crippen LogP contribution in [0.2, 0.25) is 0 Å². The number of pyridine rings is 1. The molecular formula is C23H32N4O2. The van der Waals surface area contributed by atoms with Crippen molar-refractivity contribution in [2.24, 2.45) is 5.41 Å². The van der Waals surface area contributed by atoms with Crippen LogP contribution >= 0.6 is 0 Å². The maximum Gasteiger partial charge on any atom is 0.225 e. The third kappa shape index (κ3) is 5.48. The molecule has 6 nitrogen and oxygen atoms in total. The molecule has 1 aromatic heterocycles. The molecule has 6 heteroatoms. The van der Waals surface area contributed by atoms with E-state index in [-0.39, 0.29) is 11.9 Å². The molecule has 2 heterocycles. The zero-order valence-electron chi connectivity index (χ0n) is 17.9. The number of aromatic nitrogens is 1. The van der Waals surface area contributed by atoms with Crippen molar-refractivity contribution in [2.75, 3.05) is 44.7 Å². The lowest BCUT2D eigenvalue weighted by Gasteiger charge is -2.40. The van der Waals surface area contributed by atoms with E-state index in [1.165, 1.54) is 5.69 Å². The van der Waals surface area contributed by atoms with Crippen molar-refractivity contribution in [1.82, 2.24) is 15.2 Å². The zero-order chi connectivity index (χ0) is 20.9. The number of rotatable bonds is 6. The van der Waals surface area contributed by atoms with E-state index >= 15 is 0 Å². The number of hydrogen-bond donors (Lipinski definition) is 1. The highest BCUT2D eigenvalue weighted by Crippen LogP contribution is 2.25. The monoisotopic (exact) mass is 396 g/mol. The maximum absolute atomic E-state index is 12.4. The Morgan fingerprint density at radius 2 is 1.83 bits per heavy atom. The number of carbonyl (C=O) groups is 1. The highest BCUT2D eigenvalue weighted by atomic mass is 16.5. The smallest absolute Gasteiger partial charge is 0.225 e. The minimum atomic E-state index is -0.396. The fourth-order valence-corrected chi connectivity index (χ4v) is 3.57. The lowest BCUT2D eigenvalue weighted by atomic mass is 9.95. The van der Waals surface area contributed by atoms with Crippen LogP contribution in [0.15, 0.2) is 48.8 Å². The molecule has 1 N–H and O–H groups in total. The van der Waals surface area contributed by atoms with E-state index < -0.39 is 5.41 Å². The van der Waals surface area contributed by atoms with E-state index in [0.717, 1.165) is 37.5 Å². The Balaban J connectivity index is 1.66. The summed E-state index contributed by atoms with van der Waals surface area (Å²) in [6.45, 7) is 10.1. The van der Waals surface area contributed by atoms with Crippen molar-refractivity contribution in [2.45, 2.75) is 26.8 Å². The van der Waals surface area contributed by atoms with Crippen molar-refractivity contribution < 1.29 is 9.53 Å². The summed E-state index contributed by atoms with van der Waals surface area (Å²) in [7, 11) is 1.69. The van der Waals surface area contributed by atoms with Gasteiger partial charge in [-0.1, -0.05) is 26.8 Å². The summed E-state index contributed by atoms with van der Waals surface area (Å²) in [5.74, 6) is 0.946. The van der Waals surface area contributed by atoms with E-state index in [9.17, 15) is 4.79 Å². The van der Waals surface area contributed by atoms with Gasteiger partial charge in [0.15, 0.2) is 0 Å². The summed E-state index contributed by atoms with van der Waals surface area (Å²) in [6, 6.07) is 12.4. The summed E-state index contributed by atoms with van der Waals surface area (Å²) in [4.78, 5) is 21.5.